The molecule has 0 saturated carbocycles. The van der Waals surface area contributed by atoms with E-state index in [4.69, 9.17) is 5.11 Å². The Morgan fingerprint density at radius 2 is 2.00 bits per heavy atom. The Morgan fingerprint density at radius 1 is 1.25 bits per heavy atom. The molecule has 1 aromatic carbocycles. The minimum atomic E-state index is -1.43. The van der Waals surface area contributed by atoms with Crippen molar-refractivity contribution in [1.29, 1.82) is 0 Å². The molecule has 4 heteroatoms. The first-order valence-corrected chi connectivity index (χ1v) is 5.48. The Bertz CT molecular complexity index is 581. The Kier molecular flexibility index (Phi) is 2.83. The number of carbonyl (C=O) groups excluding carboxylic acids is 1. The van der Waals surface area contributed by atoms with Crippen molar-refractivity contribution in [3.63, 3.8) is 0 Å². The van der Waals surface area contributed by atoms with Gasteiger partial charge >= 0.3 is 5.97 Å². The van der Waals surface area contributed by atoms with Crippen molar-refractivity contribution in [2.45, 2.75) is 0 Å². The standard InChI is InChI=1S/C12H8O3S/c13-10(12(14)15)6-5-8-7-16-11-4-2-1-3-9(8)11/h1-7H,(H,14,15)/b6-5+. The van der Waals surface area contributed by atoms with Gasteiger partial charge in [0, 0.05) is 4.70 Å². The molecule has 16 heavy (non-hydrogen) atoms. The second-order valence-corrected chi connectivity index (χ2v) is 4.10. The van der Waals surface area contributed by atoms with Crippen LogP contribution in [0.25, 0.3) is 16.2 Å². The molecule has 0 radical (unpaired) electrons. The molecule has 80 valence electrons. The molecule has 2 rings (SSSR count). The van der Waals surface area contributed by atoms with Crippen LogP contribution in [0.15, 0.2) is 35.7 Å². The van der Waals surface area contributed by atoms with Gasteiger partial charge in [-0.05, 0) is 34.5 Å². The molecule has 0 unspecified atom stereocenters. The average molecular weight is 232 g/mol. The summed E-state index contributed by atoms with van der Waals surface area (Å²) in [5.41, 5.74) is 0.871. The van der Waals surface area contributed by atoms with E-state index in [0.717, 1.165) is 21.7 Å². The Balaban J connectivity index is 2.35. The monoisotopic (exact) mass is 232 g/mol. The highest BCUT2D eigenvalue weighted by Crippen LogP contribution is 2.26. The number of carboxylic acid groups (broad SMARTS) is 1. The van der Waals surface area contributed by atoms with Crippen LogP contribution in [0.4, 0.5) is 0 Å². The lowest BCUT2D eigenvalue weighted by molar-refractivity contribution is -0.146. The highest BCUT2D eigenvalue weighted by molar-refractivity contribution is 7.17. The van der Waals surface area contributed by atoms with Gasteiger partial charge in [-0.25, -0.2) is 4.79 Å². The van der Waals surface area contributed by atoms with Crippen molar-refractivity contribution in [2.24, 2.45) is 0 Å². The SMILES string of the molecule is O=C(O)C(=O)/C=C/c1csc2ccccc12. The molecule has 0 bridgehead atoms. The Morgan fingerprint density at radius 3 is 2.75 bits per heavy atom. The second kappa shape index (κ2) is 4.28. The van der Waals surface area contributed by atoms with Crippen LogP contribution in [-0.2, 0) is 9.59 Å². The Labute approximate surface area is 95.6 Å². The van der Waals surface area contributed by atoms with Crippen LogP contribution in [0.1, 0.15) is 5.56 Å². The smallest absolute Gasteiger partial charge is 0.376 e. The zero-order chi connectivity index (χ0) is 11.5. The molecule has 0 saturated heterocycles. The minimum absolute atomic E-state index is 0.871. The predicted molar refractivity (Wildman–Crippen MR) is 63.5 cm³/mol. The van der Waals surface area contributed by atoms with Gasteiger partial charge in [0.05, 0.1) is 0 Å². The fourth-order valence-electron chi connectivity index (χ4n) is 1.36. The fraction of sp³-hybridized carbons (Fsp3) is 0. The van der Waals surface area contributed by atoms with E-state index in [1.807, 2.05) is 29.6 Å². The topological polar surface area (TPSA) is 54.4 Å². The van der Waals surface area contributed by atoms with Crippen molar-refractivity contribution in [2.75, 3.05) is 0 Å². The van der Waals surface area contributed by atoms with E-state index in [2.05, 4.69) is 0 Å². The van der Waals surface area contributed by atoms with Crippen molar-refractivity contribution in [3.8, 4) is 0 Å². The van der Waals surface area contributed by atoms with Gasteiger partial charge in [0.2, 0.25) is 0 Å². The number of fused-ring (bicyclic) bond motifs is 1. The number of hydrogen-bond donors (Lipinski definition) is 1. The zero-order valence-electron chi connectivity index (χ0n) is 8.21. The normalized spacial score (nSPS) is 11.0. The van der Waals surface area contributed by atoms with E-state index in [1.54, 1.807) is 11.3 Å². The summed E-state index contributed by atoms with van der Waals surface area (Å²) in [5, 5.41) is 11.4. The molecular formula is C12H8O3S. The Hall–Kier alpha value is -1.94. The molecule has 0 amide bonds. The van der Waals surface area contributed by atoms with Gasteiger partial charge in [-0.3, -0.25) is 4.79 Å². The number of rotatable bonds is 3. The van der Waals surface area contributed by atoms with Gasteiger partial charge < -0.3 is 5.11 Å². The summed E-state index contributed by atoms with van der Waals surface area (Å²) in [6, 6.07) is 7.77. The molecule has 3 nitrogen and oxygen atoms in total. The quantitative estimate of drug-likeness (QED) is 0.653. The molecule has 0 aliphatic rings. The van der Waals surface area contributed by atoms with Crippen LogP contribution >= 0.6 is 11.3 Å². The largest absolute Gasteiger partial charge is 0.475 e. The summed E-state index contributed by atoms with van der Waals surface area (Å²) in [6.45, 7) is 0. The molecule has 1 heterocycles. The van der Waals surface area contributed by atoms with Crippen molar-refractivity contribution in [1.82, 2.24) is 0 Å². The molecule has 2 aromatic rings. The van der Waals surface area contributed by atoms with E-state index in [0.29, 0.717) is 0 Å². The summed E-state index contributed by atoms with van der Waals surface area (Å²) in [7, 11) is 0. The highest BCUT2D eigenvalue weighted by atomic mass is 32.1. The molecule has 0 atom stereocenters. The zero-order valence-corrected chi connectivity index (χ0v) is 9.03. The van der Waals surface area contributed by atoms with E-state index in [-0.39, 0.29) is 0 Å². The lowest BCUT2D eigenvalue weighted by Gasteiger charge is -1.90. The molecule has 0 aliphatic heterocycles. The first-order chi connectivity index (χ1) is 7.68. The third-order valence-corrected chi connectivity index (χ3v) is 3.12. The van der Waals surface area contributed by atoms with Crippen LogP contribution in [-0.4, -0.2) is 16.9 Å². The number of carboxylic acids is 1. The molecule has 0 aliphatic carbocycles. The predicted octanol–water partition coefficient (Wildman–Crippen LogP) is 2.57. The van der Waals surface area contributed by atoms with Crippen LogP contribution in [0.5, 0.6) is 0 Å². The van der Waals surface area contributed by atoms with Gasteiger partial charge in [0.1, 0.15) is 0 Å². The lowest BCUT2D eigenvalue weighted by Crippen LogP contribution is -2.08. The van der Waals surface area contributed by atoms with Gasteiger partial charge in [0.15, 0.2) is 0 Å². The van der Waals surface area contributed by atoms with Gasteiger partial charge in [-0.15, -0.1) is 11.3 Å². The lowest BCUT2D eigenvalue weighted by atomic mass is 10.1. The molecule has 1 aromatic heterocycles. The van der Waals surface area contributed by atoms with Crippen molar-refractivity contribution < 1.29 is 14.7 Å². The number of ketones is 1. The van der Waals surface area contributed by atoms with E-state index < -0.39 is 11.8 Å². The maximum atomic E-state index is 10.9. The first kappa shape index (κ1) is 10.6. The maximum absolute atomic E-state index is 10.9. The number of carbonyl (C=O) groups is 2. The van der Waals surface area contributed by atoms with E-state index >= 15 is 0 Å². The summed E-state index contributed by atoms with van der Waals surface area (Å²) in [6.07, 6.45) is 2.62. The van der Waals surface area contributed by atoms with Crippen LogP contribution in [0.2, 0.25) is 0 Å². The third kappa shape index (κ3) is 2.01. The van der Waals surface area contributed by atoms with Gasteiger partial charge in [-0.1, -0.05) is 18.2 Å². The van der Waals surface area contributed by atoms with E-state index in [9.17, 15) is 9.59 Å². The van der Waals surface area contributed by atoms with Crippen LogP contribution < -0.4 is 0 Å². The summed E-state index contributed by atoms with van der Waals surface area (Å²) >= 11 is 1.56. The van der Waals surface area contributed by atoms with Crippen molar-refractivity contribution >= 4 is 39.3 Å². The molecule has 0 spiro atoms. The number of thiophene rings is 1. The minimum Gasteiger partial charge on any atom is -0.475 e. The fourth-order valence-corrected chi connectivity index (χ4v) is 2.29. The summed E-state index contributed by atoms with van der Waals surface area (Å²) in [5.74, 6) is -2.34. The van der Waals surface area contributed by atoms with Crippen molar-refractivity contribution in [3.05, 3.63) is 41.3 Å². The summed E-state index contributed by atoms with van der Waals surface area (Å²) in [4.78, 5) is 21.2. The number of benzene rings is 1. The van der Waals surface area contributed by atoms with Crippen LogP contribution in [0, 0.1) is 0 Å². The number of hydrogen-bond acceptors (Lipinski definition) is 3. The average Bonchev–Trinajstić information content (AvgIpc) is 2.69. The molecule has 1 N–H and O–H groups in total. The van der Waals surface area contributed by atoms with Gasteiger partial charge in [0.25, 0.3) is 5.78 Å². The highest BCUT2D eigenvalue weighted by Gasteiger charge is 2.06. The summed E-state index contributed by atoms with van der Waals surface area (Å²) < 4.78 is 1.12. The van der Waals surface area contributed by atoms with Crippen LogP contribution in [0.3, 0.4) is 0 Å². The third-order valence-electron chi connectivity index (χ3n) is 2.14. The van der Waals surface area contributed by atoms with Gasteiger partial charge in [-0.2, -0.15) is 0 Å². The first-order valence-electron chi connectivity index (χ1n) is 4.60. The molecular weight excluding hydrogens is 224 g/mol. The number of aliphatic carboxylic acids is 1. The second-order valence-electron chi connectivity index (χ2n) is 3.19. The molecule has 0 fully saturated rings. The maximum Gasteiger partial charge on any atom is 0.376 e. The van der Waals surface area contributed by atoms with E-state index in [1.165, 1.54) is 6.08 Å².